The number of hydrogen-bond acceptors (Lipinski definition) is 1. The van der Waals surface area contributed by atoms with Crippen LogP contribution in [0.25, 0.3) is 0 Å². The Morgan fingerprint density at radius 1 is 0.741 bits per heavy atom. The summed E-state index contributed by atoms with van der Waals surface area (Å²) in [5.41, 5.74) is -0.000278. The van der Waals surface area contributed by atoms with Crippen LogP contribution in [0.5, 0.6) is 0 Å². The number of halogens is 1. The van der Waals surface area contributed by atoms with Crippen LogP contribution in [-0.4, -0.2) is 30.1 Å². The average molecular weight is 440 g/mol. The molecule has 1 amide bonds. The van der Waals surface area contributed by atoms with E-state index in [0.717, 1.165) is 13.0 Å². The Labute approximate surface area is 172 Å². The van der Waals surface area contributed by atoms with Crippen LogP contribution in [0.1, 0.15) is 6.42 Å². The van der Waals surface area contributed by atoms with Crippen molar-refractivity contribution in [2.45, 2.75) is 12.1 Å². The second-order valence-corrected chi connectivity index (χ2v) is 10.4. The van der Waals surface area contributed by atoms with Crippen molar-refractivity contribution in [2.75, 3.05) is 13.6 Å². The molecule has 1 atom stereocenters. The van der Waals surface area contributed by atoms with Gasteiger partial charge in [-0.1, -0.05) is 54.6 Å². The molecule has 4 rings (SSSR count). The van der Waals surface area contributed by atoms with Crippen molar-refractivity contribution in [1.82, 2.24) is 4.90 Å². The quantitative estimate of drug-likeness (QED) is 0.532. The zero-order chi connectivity index (χ0) is 18.0. The van der Waals surface area contributed by atoms with E-state index < -0.39 is 7.26 Å². The standard InChI is InChI=1S/C23H23NOP.BrH/c1-24-18-17-22(23(24)25)26(19-11-5-2-6-12-19,20-13-7-3-8-14-20)21-15-9-4-10-16-21;/h2-16,22H,17-18H2,1H3;1H/q+1;/p-1. The molecule has 0 radical (unpaired) electrons. The molecule has 1 aliphatic heterocycles. The molecular formula is C23H23BrNOP. The van der Waals surface area contributed by atoms with E-state index in [1.165, 1.54) is 15.9 Å². The van der Waals surface area contributed by atoms with Gasteiger partial charge in [-0.15, -0.1) is 0 Å². The number of nitrogens with zero attached hydrogens (tertiary/aromatic N) is 1. The van der Waals surface area contributed by atoms with E-state index in [0.29, 0.717) is 0 Å². The number of carbonyl (C=O) groups excluding carboxylic acids is 1. The molecule has 0 aromatic heterocycles. The van der Waals surface area contributed by atoms with E-state index in [1.54, 1.807) is 0 Å². The van der Waals surface area contributed by atoms with Crippen molar-refractivity contribution in [2.24, 2.45) is 0 Å². The lowest BCUT2D eigenvalue weighted by Crippen LogP contribution is -3.00. The van der Waals surface area contributed by atoms with Crippen molar-refractivity contribution in [3.05, 3.63) is 91.0 Å². The van der Waals surface area contributed by atoms with Crippen LogP contribution in [0, 0.1) is 0 Å². The van der Waals surface area contributed by atoms with Gasteiger partial charge in [-0.05, 0) is 36.4 Å². The monoisotopic (exact) mass is 439 g/mol. The summed E-state index contributed by atoms with van der Waals surface area (Å²) in [5.74, 6) is 0.273. The maximum atomic E-state index is 13.2. The molecule has 1 unspecified atom stereocenters. The van der Waals surface area contributed by atoms with E-state index in [4.69, 9.17) is 0 Å². The molecule has 2 nitrogen and oxygen atoms in total. The van der Waals surface area contributed by atoms with Crippen molar-refractivity contribution < 1.29 is 21.8 Å². The summed E-state index contributed by atoms with van der Waals surface area (Å²) in [5, 5.41) is 3.85. The number of carbonyl (C=O) groups is 1. The summed E-state index contributed by atoms with van der Waals surface area (Å²) < 4.78 is 0. The van der Waals surface area contributed by atoms with Crippen LogP contribution in [0.3, 0.4) is 0 Å². The molecule has 27 heavy (non-hydrogen) atoms. The topological polar surface area (TPSA) is 20.3 Å². The second-order valence-electron chi connectivity index (χ2n) is 6.79. The summed E-state index contributed by atoms with van der Waals surface area (Å²) in [4.78, 5) is 15.1. The van der Waals surface area contributed by atoms with Gasteiger partial charge in [0.05, 0.1) is 0 Å². The molecule has 1 fully saturated rings. The van der Waals surface area contributed by atoms with E-state index in [1.807, 2.05) is 11.9 Å². The molecule has 0 saturated carbocycles. The first-order valence-corrected chi connectivity index (χ1v) is 10.9. The number of hydrogen-bond donors (Lipinski definition) is 0. The molecule has 1 aliphatic rings. The third kappa shape index (κ3) is 3.35. The number of rotatable bonds is 4. The second kappa shape index (κ2) is 8.37. The molecule has 3 aromatic rings. The Kier molecular flexibility index (Phi) is 6.14. The molecule has 4 heteroatoms. The largest absolute Gasteiger partial charge is 1.00 e. The average Bonchev–Trinajstić information content (AvgIpc) is 3.04. The Bertz CT molecular complexity index is 789. The highest BCUT2D eigenvalue weighted by Crippen LogP contribution is 2.62. The van der Waals surface area contributed by atoms with Crippen LogP contribution in [-0.2, 0) is 4.79 Å². The smallest absolute Gasteiger partial charge is 0.264 e. The third-order valence-electron chi connectivity index (χ3n) is 5.36. The summed E-state index contributed by atoms with van der Waals surface area (Å²) in [6.07, 6.45) is 0.905. The number of benzene rings is 3. The van der Waals surface area contributed by atoms with Crippen LogP contribution >= 0.6 is 7.26 Å². The molecular weight excluding hydrogens is 417 g/mol. The molecule has 0 spiro atoms. The first kappa shape index (κ1) is 19.8. The zero-order valence-electron chi connectivity index (χ0n) is 15.3. The Balaban J connectivity index is 0.00000210. The summed E-state index contributed by atoms with van der Waals surface area (Å²) >= 11 is 0. The number of likely N-dealkylation sites (tertiary alicyclic amines) is 1. The summed E-state index contributed by atoms with van der Waals surface area (Å²) in [6, 6.07) is 32.0. The normalized spacial score (nSPS) is 16.9. The molecule has 1 heterocycles. The maximum absolute atomic E-state index is 13.2. The lowest BCUT2D eigenvalue weighted by Gasteiger charge is -2.31. The van der Waals surface area contributed by atoms with Crippen molar-refractivity contribution >= 4 is 29.1 Å². The first-order valence-electron chi connectivity index (χ1n) is 9.05. The minimum Gasteiger partial charge on any atom is -1.00 e. The minimum absolute atomic E-state index is 0. The zero-order valence-corrected chi connectivity index (χ0v) is 17.8. The van der Waals surface area contributed by atoms with Gasteiger partial charge >= 0.3 is 0 Å². The van der Waals surface area contributed by atoms with Crippen molar-refractivity contribution in [3.8, 4) is 0 Å². The lowest BCUT2D eigenvalue weighted by molar-refractivity contribution is -0.126. The fourth-order valence-electron chi connectivity index (χ4n) is 4.14. The SMILES string of the molecule is CN1CCC([P+](c2ccccc2)(c2ccccc2)c2ccccc2)C1=O.[Br-]. The molecule has 0 aliphatic carbocycles. The van der Waals surface area contributed by atoms with Crippen LogP contribution in [0.2, 0.25) is 0 Å². The van der Waals surface area contributed by atoms with Crippen LogP contribution in [0.15, 0.2) is 91.0 Å². The maximum Gasteiger partial charge on any atom is 0.264 e. The van der Waals surface area contributed by atoms with Gasteiger partial charge in [-0.2, -0.15) is 0 Å². The Hall–Kier alpha value is -1.96. The molecule has 1 saturated heterocycles. The van der Waals surface area contributed by atoms with Crippen molar-refractivity contribution in [3.63, 3.8) is 0 Å². The Morgan fingerprint density at radius 2 is 1.11 bits per heavy atom. The van der Waals surface area contributed by atoms with Gasteiger partial charge in [-0.25, -0.2) is 0 Å². The summed E-state index contributed by atoms with van der Waals surface area (Å²) in [7, 11) is -0.157. The fraction of sp³-hybridized carbons (Fsp3) is 0.174. The van der Waals surface area contributed by atoms with Gasteiger partial charge < -0.3 is 21.9 Å². The molecule has 138 valence electrons. The Morgan fingerprint density at radius 3 is 1.41 bits per heavy atom. The molecule has 0 N–H and O–H groups in total. The predicted molar refractivity (Wildman–Crippen MR) is 111 cm³/mol. The van der Waals surface area contributed by atoms with Gasteiger partial charge in [0.1, 0.15) is 23.2 Å². The van der Waals surface area contributed by atoms with E-state index in [2.05, 4.69) is 91.0 Å². The summed E-state index contributed by atoms with van der Waals surface area (Å²) in [6.45, 7) is 0.831. The van der Waals surface area contributed by atoms with Gasteiger partial charge in [0.15, 0.2) is 5.66 Å². The predicted octanol–water partition coefficient (Wildman–Crippen LogP) is 0.215. The first-order chi connectivity index (χ1) is 12.7. The van der Waals surface area contributed by atoms with E-state index in [9.17, 15) is 4.79 Å². The van der Waals surface area contributed by atoms with Crippen LogP contribution < -0.4 is 32.9 Å². The fourth-order valence-corrected chi connectivity index (χ4v) is 9.07. The van der Waals surface area contributed by atoms with Gasteiger partial charge in [0, 0.05) is 20.0 Å². The van der Waals surface area contributed by atoms with Crippen LogP contribution in [0.4, 0.5) is 0 Å². The van der Waals surface area contributed by atoms with Gasteiger partial charge in [-0.3, -0.25) is 4.79 Å². The van der Waals surface area contributed by atoms with E-state index in [-0.39, 0.29) is 28.5 Å². The number of amides is 1. The lowest BCUT2D eigenvalue weighted by atomic mass is 10.3. The minimum atomic E-state index is -2.09. The third-order valence-corrected chi connectivity index (χ3v) is 10.1. The van der Waals surface area contributed by atoms with Gasteiger partial charge in [0.25, 0.3) is 5.91 Å². The molecule has 3 aromatic carbocycles. The molecule has 0 bridgehead atoms. The highest BCUT2D eigenvalue weighted by molar-refractivity contribution is 7.96. The highest BCUT2D eigenvalue weighted by Gasteiger charge is 2.57. The van der Waals surface area contributed by atoms with E-state index >= 15 is 0 Å². The van der Waals surface area contributed by atoms with Gasteiger partial charge in [0.2, 0.25) is 0 Å². The van der Waals surface area contributed by atoms with Crippen molar-refractivity contribution in [1.29, 1.82) is 0 Å². The highest BCUT2D eigenvalue weighted by atomic mass is 79.9.